The lowest BCUT2D eigenvalue weighted by Crippen LogP contribution is -2.16. The van der Waals surface area contributed by atoms with Gasteiger partial charge in [-0.3, -0.25) is 0 Å². The van der Waals surface area contributed by atoms with E-state index in [0.29, 0.717) is 0 Å². The fraction of sp³-hybridized carbons (Fsp3) is 0.833. The Kier molecular flexibility index (Phi) is 2.04. The molecular weight excluding hydrogens is 224 g/mol. The van der Waals surface area contributed by atoms with Crippen molar-refractivity contribution in [2.24, 2.45) is 23.7 Å². The molecular formula is C12H17Br. The van der Waals surface area contributed by atoms with E-state index in [0.717, 1.165) is 28.5 Å². The zero-order valence-electron chi connectivity index (χ0n) is 7.95. The van der Waals surface area contributed by atoms with Gasteiger partial charge < -0.3 is 0 Å². The van der Waals surface area contributed by atoms with Gasteiger partial charge in [-0.2, -0.15) is 0 Å². The van der Waals surface area contributed by atoms with Crippen LogP contribution in [0.5, 0.6) is 0 Å². The van der Waals surface area contributed by atoms with Crippen LogP contribution < -0.4 is 0 Å². The molecule has 0 nitrogen and oxygen atoms in total. The van der Waals surface area contributed by atoms with Crippen molar-refractivity contribution in [1.82, 2.24) is 0 Å². The van der Waals surface area contributed by atoms with Crippen molar-refractivity contribution in [3.63, 3.8) is 0 Å². The average Bonchev–Trinajstić information content (AvgIpc) is 2.77. The van der Waals surface area contributed by atoms with Crippen molar-refractivity contribution in [3.8, 4) is 0 Å². The van der Waals surface area contributed by atoms with Crippen LogP contribution in [0.3, 0.4) is 0 Å². The minimum Gasteiger partial charge on any atom is -0.0891 e. The van der Waals surface area contributed by atoms with Crippen molar-refractivity contribution >= 4 is 15.9 Å². The summed E-state index contributed by atoms with van der Waals surface area (Å²) in [6.45, 7) is 0. The molecule has 0 spiro atoms. The topological polar surface area (TPSA) is 0 Å². The number of fused-ring (bicyclic) bond motifs is 2. The van der Waals surface area contributed by atoms with Crippen molar-refractivity contribution in [2.45, 2.75) is 36.9 Å². The third kappa shape index (κ3) is 1.40. The minimum absolute atomic E-state index is 0.834. The van der Waals surface area contributed by atoms with Crippen molar-refractivity contribution < 1.29 is 0 Å². The molecule has 13 heavy (non-hydrogen) atoms. The monoisotopic (exact) mass is 240 g/mol. The first kappa shape index (κ1) is 8.52. The highest BCUT2D eigenvalue weighted by atomic mass is 79.9. The summed E-state index contributed by atoms with van der Waals surface area (Å²) in [6.07, 6.45) is 12.3. The summed E-state index contributed by atoms with van der Waals surface area (Å²) in [5.74, 6) is 4.03. The molecule has 2 fully saturated rings. The first-order chi connectivity index (χ1) is 6.33. The van der Waals surface area contributed by atoms with Gasteiger partial charge in [0, 0.05) is 4.83 Å². The van der Waals surface area contributed by atoms with Crippen LogP contribution in [0, 0.1) is 23.7 Å². The lowest BCUT2D eigenvalue weighted by Gasteiger charge is -2.24. The number of halogens is 1. The number of hydrogen-bond acceptors (Lipinski definition) is 0. The molecule has 0 heterocycles. The lowest BCUT2D eigenvalue weighted by atomic mass is 9.81. The Balaban J connectivity index is 1.70. The number of alkyl halides is 1. The lowest BCUT2D eigenvalue weighted by molar-refractivity contribution is 0.293. The molecule has 5 unspecified atom stereocenters. The van der Waals surface area contributed by atoms with E-state index < -0.39 is 0 Å². The van der Waals surface area contributed by atoms with E-state index in [1.807, 2.05) is 0 Å². The molecule has 0 aromatic rings. The van der Waals surface area contributed by atoms with Gasteiger partial charge in [-0.25, -0.2) is 0 Å². The molecule has 0 aromatic heterocycles. The fourth-order valence-corrected chi connectivity index (χ4v) is 4.46. The van der Waals surface area contributed by atoms with E-state index in [2.05, 4.69) is 28.1 Å². The average molecular weight is 241 g/mol. The van der Waals surface area contributed by atoms with Crippen LogP contribution in [0.2, 0.25) is 0 Å². The predicted octanol–water partition coefficient (Wildman–Crippen LogP) is 3.76. The quantitative estimate of drug-likeness (QED) is 0.484. The zero-order chi connectivity index (χ0) is 8.84. The second kappa shape index (κ2) is 3.12. The molecule has 3 aliphatic carbocycles. The van der Waals surface area contributed by atoms with E-state index in [4.69, 9.17) is 0 Å². The zero-order valence-corrected chi connectivity index (χ0v) is 9.54. The molecule has 0 aromatic carbocycles. The first-order valence-electron chi connectivity index (χ1n) is 5.65. The molecule has 0 amide bonds. The summed E-state index contributed by atoms with van der Waals surface area (Å²) in [5.41, 5.74) is 0. The van der Waals surface area contributed by atoms with Crippen LogP contribution in [-0.4, -0.2) is 4.83 Å². The van der Waals surface area contributed by atoms with Crippen LogP contribution in [0.15, 0.2) is 12.2 Å². The van der Waals surface area contributed by atoms with Crippen LogP contribution in [0.4, 0.5) is 0 Å². The maximum Gasteiger partial charge on any atom is 0.0148 e. The van der Waals surface area contributed by atoms with Gasteiger partial charge in [0.05, 0.1) is 0 Å². The van der Waals surface area contributed by atoms with Crippen LogP contribution in [0.25, 0.3) is 0 Å². The van der Waals surface area contributed by atoms with E-state index in [1.54, 1.807) is 0 Å². The van der Waals surface area contributed by atoms with Gasteiger partial charge in [0.15, 0.2) is 0 Å². The van der Waals surface area contributed by atoms with Crippen molar-refractivity contribution in [2.75, 3.05) is 0 Å². The maximum atomic E-state index is 3.76. The molecule has 72 valence electrons. The highest BCUT2D eigenvalue weighted by molar-refractivity contribution is 9.09. The summed E-state index contributed by atoms with van der Waals surface area (Å²) >= 11 is 3.76. The van der Waals surface area contributed by atoms with Crippen LogP contribution in [-0.2, 0) is 0 Å². The third-order valence-corrected chi connectivity index (χ3v) is 5.18. The summed E-state index contributed by atoms with van der Waals surface area (Å²) in [4.78, 5) is 0.834. The molecule has 0 aliphatic heterocycles. The highest BCUT2D eigenvalue weighted by Crippen LogP contribution is 2.51. The Hall–Kier alpha value is 0.220. The van der Waals surface area contributed by atoms with E-state index in [1.165, 1.54) is 32.1 Å². The summed E-state index contributed by atoms with van der Waals surface area (Å²) in [6, 6.07) is 0. The molecule has 3 rings (SSSR count). The minimum atomic E-state index is 0.834. The van der Waals surface area contributed by atoms with E-state index in [9.17, 15) is 0 Å². The largest absolute Gasteiger partial charge is 0.0891 e. The molecule has 0 N–H and O–H groups in total. The Morgan fingerprint density at radius 2 is 1.92 bits per heavy atom. The maximum absolute atomic E-state index is 3.76. The first-order valence-corrected chi connectivity index (χ1v) is 6.57. The predicted molar refractivity (Wildman–Crippen MR) is 58.9 cm³/mol. The smallest absolute Gasteiger partial charge is 0.0148 e. The van der Waals surface area contributed by atoms with Crippen molar-refractivity contribution in [3.05, 3.63) is 12.2 Å². The molecule has 3 aliphatic rings. The van der Waals surface area contributed by atoms with Gasteiger partial charge in [0.25, 0.3) is 0 Å². The van der Waals surface area contributed by atoms with Gasteiger partial charge in [-0.05, 0) is 55.8 Å². The summed E-state index contributed by atoms with van der Waals surface area (Å²) in [5, 5.41) is 0. The molecule has 1 heteroatoms. The van der Waals surface area contributed by atoms with Gasteiger partial charge >= 0.3 is 0 Å². The van der Waals surface area contributed by atoms with Crippen LogP contribution in [0.1, 0.15) is 32.1 Å². The SMILES string of the molecule is BrC1CCC(C2CC3C=CC2C3)C1. The number of rotatable bonds is 1. The summed E-state index contributed by atoms with van der Waals surface area (Å²) < 4.78 is 0. The number of hydrogen-bond donors (Lipinski definition) is 0. The van der Waals surface area contributed by atoms with Gasteiger partial charge in [-0.1, -0.05) is 28.1 Å². The number of allylic oxidation sites excluding steroid dienone is 2. The molecule has 2 bridgehead atoms. The normalized spacial score (nSPS) is 53.5. The van der Waals surface area contributed by atoms with Crippen LogP contribution >= 0.6 is 15.9 Å². The van der Waals surface area contributed by atoms with Gasteiger partial charge in [0.2, 0.25) is 0 Å². The molecule has 0 radical (unpaired) electrons. The second-order valence-corrected chi connectivity index (χ2v) is 6.41. The Morgan fingerprint density at radius 3 is 2.46 bits per heavy atom. The Morgan fingerprint density at radius 1 is 1.00 bits per heavy atom. The second-order valence-electron chi connectivity index (χ2n) is 5.11. The van der Waals surface area contributed by atoms with Gasteiger partial charge in [0.1, 0.15) is 0 Å². The van der Waals surface area contributed by atoms with Crippen molar-refractivity contribution in [1.29, 1.82) is 0 Å². The third-order valence-electron chi connectivity index (χ3n) is 4.34. The van der Waals surface area contributed by atoms with E-state index in [-0.39, 0.29) is 0 Å². The Labute approximate surface area is 88.9 Å². The standard InChI is InChI=1S/C12H17Br/c13-11-4-3-10(7-11)12-6-8-1-2-9(12)5-8/h1-2,8-12H,3-7H2. The molecule has 5 atom stereocenters. The molecule has 2 saturated carbocycles. The van der Waals surface area contributed by atoms with E-state index >= 15 is 0 Å². The molecule has 0 saturated heterocycles. The fourth-order valence-electron chi connectivity index (χ4n) is 3.71. The summed E-state index contributed by atoms with van der Waals surface area (Å²) in [7, 11) is 0. The highest BCUT2D eigenvalue weighted by Gasteiger charge is 2.41. The Bertz CT molecular complexity index is 233. The van der Waals surface area contributed by atoms with Gasteiger partial charge in [-0.15, -0.1) is 0 Å².